The molecule has 2 bridgehead atoms. The molecule has 1 aromatic carbocycles. The van der Waals surface area contributed by atoms with Gasteiger partial charge in [0, 0.05) is 18.3 Å². The first-order valence-electron chi connectivity index (χ1n) is 8.32. The van der Waals surface area contributed by atoms with Crippen LogP contribution in [0.1, 0.15) is 39.2 Å². The number of carbonyl (C=O) groups excluding carboxylic acids is 1. The summed E-state index contributed by atoms with van der Waals surface area (Å²) in [4.78, 5) is 14.6. The van der Waals surface area contributed by atoms with Crippen molar-refractivity contribution in [1.29, 1.82) is 0 Å². The van der Waals surface area contributed by atoms with Crippen LogP contribution in [0.2, 0.25) is 0 Å². The Hall–Kier alpha value is -1.55. The Kier molecular flexibility index (Phi) is 4.13. The summed E-state index contributed by atoms with van der Waals surface area (Å²) in [6.07, 6.45) is 2.43. The van der Waals surface area contributed by atoms with E-state index in [9.17, 15) is 4.79 Å². The van der Waals surface area contributed by atoms with E-state index in [1.807, 2.05) is 12.1 Å². The zero-order chi connectivity index (χ0) is 15.7. The van der Waals surface area contributed by atoms with Gasteiger partial charge in [0.05, 0.1) is 0 Å². The predicted octanol–water partition coefficient (Wildman–Crippen LogP) is 3.20. The van der Waals surface area contributed by atoms with Crippen LogP contribution in [-0.2, 0) is 5.41 Å². The fraction of sp³-hybridized carbons (Fsp3) is 0.611. The third kappa shape index (κ3) is 3.43. The number of hydrogen-bond donors (Lipinski definition) is 2. The Balaban J connectivity index is 1.55. The lowest BCUT2D eigenvalue weighted by atomic mass is 9.84. The molecule has 3 aliphatic heterocycles. The lowest BCUT2D eigenvalue weighted by Crippen LogP contribution is -2.57. The minimum Gasteiger partial charge on any atom is -0.334 e. The van der Waals surface area contributed by atoms with E-state index in [1.54, 1.807) is 0 Å². The summed E-state index contributed by atoms with van der Waals surface area (Å²) >= 11 is 0. The van der Waals surface area contributed by atoms with E-state index in [2.05, 4.69) is 48.4 Å². The monoisotopic (exact) mass is 301 g/mol. The van der Waals surface area contributed by atoms with Crippen LogP contribution in [0.5, 0.6) is 0 Å². The van der Waals surface area contributed by atoms with Crippen molar-refractivity contribution >= 4 is 11.7 Å². The summed E-state index contributed by atoms with van der Waals surface area (Å²) < 4.78 is 0. The summed E-state index contributed by atoms with van der Waals surface area (Å²) in [5.41, 5.74) is 2.26. The zero-order valence-corrected chi connectivity index (χ0v) is 13.9. The molecule has 0 radical (unpaired) electrons. The summed E-state index contributed by atoms with van der Waals surface area (Å²) in [6, 6.07) is 8.36. The molecule has 3 heterocycles. The fourth-order valence-electron chi connectivity index (χ4n) is 3.52. The van der Waals surface area contributed by atoms with E-state index < -0.39 is 0 Å². The second kappa shape index (κ2) is 5.92. The maximum absolute atomic E-state index is 12.2. The number of anilines is 1. The van der Waals surface area contributed by atoms with Crippen LogP contribution >= 0.6 is 0 Å². The third-order valence-corrected chi connectivity index (χ3v) is 4.98. The van der Waals surface area contributed by atoms with Gasteiger partial charge in [-0.25, -0.2) is 4.79 Å². The maximum Gasteiger partial charge on any atom is 0.319 e. The van der Waals surface area contributed by atoms with Crippen molar-refractivity contribution in [2.45, 2.75) is 45.1 Å². The largest absolute Gasteiger partial charge is 0.334 e. The van der Waals surface area contributed by atoms with Gasteiger partial charge in [-0.15, -0.1) is 0 Å². The van der Waals surface area contributed by atoms with Gasteiger partial charge in [-0.2, -0.15) is 0 Å². The number of nitrogens with zero attached hydrogens (tertiary/aromatic N) is 1. The number of hydrogen-bond acceptors (Lipinski definition) is 2. The first-order chi connectivity index (χ1) is 10.4. The number of nitrogens with one attached hydrogen (secondary N) is 2. The number of piperidine rings is 3. The Morgan fingerprint density at radius 3 is 2.27 bits per heavy atom. The highest BCUT2D eigenvalue weighted by Crippen LogP contribution is 2.27. The molecular formula is C18H27N3O. The molecule has 2 amide bonds. The van der Waals surface area contributed by atoms with Crippen LogP contribution in [0.3, 0.4) is 0 Å². The lowest BCUT2D eigenvalue weighted by Gasteiger charge is -2.44. The Morgan fingerprint density at radius 2 is 1.77 bits per heavy atom. The zero-order valence-electron chi connectivity index (χ0n) is 13.9. The molecule has 3 aliphatic rings. The van der Waals surface area contributed by atoms with Crippen LogP contribution in [0.15, 0.2) is 24.3 Å². The van der Waals surface area contributed by atoms with Gasteiger partial charge in [0.1, 0.15) is 0 Å². The van der Waals surface area contributed by atoms with E-state index in [1.165, 1.54) is 31.5 Å². The van der Waals surface area contributed by atoms with Gasteiger partial charge in [-0.3, -0.25) is 0 Å². The molecule has 0 spiro atoms. The lowest BCUT2D eigenvalue weighted by molar-refractivity contribution is 0.0777. The maximum atomic E-state index is 12.2. The first kappa shape index (κ1) is 15.3. The van der Waals surface area contributed by atoms with Crippen molar-refractivity contribution in [3.63, 3.8) is 0 Å². The topological polar surface area (TPSA) is 44.4 Å². The van der Waals surface area contributed by atoms with Gasteiger partial charge < -0.3 is 15.5 Å². The summed E-state index contributed by atoms with van der Waals surface area (Å²) in [5, 5.41) is 6.11. The number of fused-ring (bicyclic) bond motifs is 3. The third-order valence-electron chi connectivity index (χ3n) is 4.98. The predicted molar refractivity (Wildman–Crippen MR) is 90.2 cm³/mol. The molecule has 22 heavy (non-hydrogen) atoms. The minimum atomic E-state index is -0.0812. The van der Waals surface area contributed by atoms with Crippen LogP contribution < -0.4 is 10.6 Å². The molecule has 120 valence electrons. The van der Waals surface area contributed by atoms with Gasteiger partial charge in [0.2, 0.25) is 0 Å². The van der Waals surface area contributed by atoms with Crippen LogP contribution in [-0.4, -0.2) is 36.6 Å². The summed E-state index contributed by atoms with van der Waals surface area (Å²) in [6.45, 7) is 9.96. The quantitative estimate of drug-likeness (QED) is 0.881. The molecule has 0 saturated carbocycles. The van der Waals surface area contributed by atoms with Gasteiger partial charge in [0.25, 0.3) is 0 Å². The van der Waals surface area contributed by atoms with Crippen LogP contribution in [0, 0.1) is 5.92 Å². The average molecular weight is 301 g/mol. The van der Waals surface area contributed by atoms with E-state index in [0.29, 0.717) is 12.0 Å². The molecule has 1 aromatic rings. The van der Waals surface area contributed by atoms with Crippen molar-refractivity contribution in [2.75, 3.05) is 25.0 Å². The number of amides is 2. The SMILES string of the molecule is CC(C)(C)c1ccc(NC(=O)NC2CN3CCC2CC3)cc1. The Morgan fingerprint density at radius 1 is 1.14 bits per heavy atom. The molecule has 1 atom stereocenters. The minimum absolute atomic E-state index is 0.0812. The van der Waals surface area contributed by atoms with Crippen molar-refractivity contribution < 1.29 is 4.79 Å². The van der Waals surface area contributed by atoms with Crippen molar-refractivity contribution in [2.24, 2.45) is 5.92 Å². The van der Waals surface area contributed by atoms with Gasteiger partial charge in [-0.1, -0.05) is 32.9 Å². The normalized spacial score (nSPS) is 27.5. The number of carbonyl (C=O) groups is 1. The molecule has 0 aromatic heterocycles. The number of urea groups is 1. The number of benzene rings is 1. The smallest absolute Gasteiger partial charge is 0.319 e. The first-order valence-corrected chi connectivity index (χ1v) is 8.32. The van der Waals surface area contributed by atoms with Crippen LogP contribution in [0.4, 0.5) is 10.5 Å². The second-order valence-electron chi connectivity index (χ2n) is 7.67. The van der Waals surface area contributed by atoms with Gasteiger partial charge in [0.15, 0.2) is 0 Å². The molecular weight excluding hydrogens is 274 g/mol. The molecule has 4 rings (SSSR count). The molecule has 1 unspecified atom stereocenters. The molecule has 3 saturated heterocycles. The van der Waals surface area contributed by atoms with E-state index in [4.69, 9.17) is 0 Å². The highest BCUT2D eigenvalue weighted by atomic mass is 16.2. The Labute approximate surface area is 133 Å². The molecule has 3 fully saturated rings. The van der Waals surface area contributed by atoms with Crippen molar-refractivity contribution in [1.82, 2.24) is 10.2 Å². The summed E-state index contributed by atoms with van der Waals surface area (Å²) in [7, 11) is 0. The molecule has 4 nitrogen and oxygen atoms in total. The second-order valence-corrected chi connectivity index (χ2v) is 7.67. The average Bonchev–Trinajstić information content (AvgIpc) is 2.48. The Bertz CT molecular complexity index is 524. The molecule has 4 heteroatoms. The highest BCUT2D eigenvalue weighted by Gasteiger charge is 2.34. The van der Waals surface area contributed by atoms with Gasteiger partial charge in [-0.05, 0) is 55.0 Å². The fourth-order valence-corrected chi connectivity index (χ4v) is 3.52. The number of rotatable bonds is 2. The van der Waals surface area contributed by atoms with Crippen molar-refractivity contribution in [3.05, 3.63) is 29.8 Å². The van der Waals surface area contributed by atoms with E-state index in [-0.39, 0.29) is 11.4 Å². The highest BCUT2D eigenvalue weighted by molar-refractivity contribution is 5.89. The van der Waals surface area contributed by atoms with Gasteiger partial charge >= 0.3 is 6.03 Å². The van der Waals surface area contributed by atoms with E-state index >= 15 is 0 Å². The van der Waals surface area contributed by atoms with Crippen LogP contribution in [0.25, 0.3) is 0 Å². The van der Waals surface area contributed by atoms with E-state index in [0.717, 1.165) is 12.2 Å². The molecule has 2 N–H and O–H groups in total. The van der Waals surface area contributed by atoms with Crippen molar-refractivity contribution in [3.8, 4) is 0 Å². The summed E-state index contributed by atoms with van der Waals surface area (Å²) in [5.74, 6) is 0.652. The molecule has 0 aliphatic carbocycles. The standard InChI is InChI=1S/C18H27N3O/c1-18(2,3)14-4-6-15(7-5-14)19-17(22)20-16-12-21-10-8-13(16)9-11-21/h4-7,13,16H,8-12H2,1-3H3,(H2,19,20,22).